The van der Waals surface area contributed by atoms with Crippen molar-refractivity contribution in [2.75, 3.05) is 13.2 Å². The molecule has 1 aromatic rings. The largest absolute Gasteiger partial charge is 0.360 e. The Balaban J connectivity index is 2.06. The number of hydrogen-bond acceptors (Lipinski definition) is 4. The Morgan fingerprint density at radius 3 is 2.94 bits per heavy atom. The Labute approximate surface area is 101 Å². The van der Waals surface area contributed by atoms with Crippen LogP contribution in [0.3, 0.4) is 0 Å². The fourth-order valence-electron chi connectivity index (χ4n) is 1.72. The summed E-state index contributed by atoms with van der Waals surface area (Å²) in [6.45, 7) is 5.22. The molecule has 2 heterocycles. The highest BCUT2D eigenvalue weighted by atomic mass is 16.7. The van der Waals surface area contributed by atoms with Gasteiger partial charge in [-0.3, -0.25) is 9.63 Å². The summed E-state index contributed by atoms with van der Waals surface area (Å²) in [5.41, 5.74) is 0.329. The molecule has 2 rings (SSSR count). The summed E-state index contributed by atoms with van der Waals surface area (Å²) in [6.07, 6.45) is 3.07. The monoisotopic (exact) mass is 238 g/mol. The SMILES string of the molecule is CC(C)c1cc(C(=O)N2CCCCCO2)no1. The van der Waals surface area contributed by atoms with Crippen molar-refractivity contribution in [3.05, 3.63) is 17.5 Å². The minimum atomic E-state index is -0.206. The summed E-state index contributed by atoms with van der Waals surface area (Å²) in [5, 5.41) is 5.19. The van der Waals surface area contributed by atoms with Crippen LogP contribution in [0, 0.1) is 0 Å². The number of carbonyl (C=O) groups is 1. The first kappa shape index (κ1) is 12.1. The van der Waals surface area contributed by atoms with Gasteiger partial charge in [-0.2, -0.15) is 0 Å². The normalized spacial score (nSPS) is 17.2. The van der Waals surface area contributed by atoms with Gasteiger partial charge in [-0.25, -0.2) is 5.06 Å². The Morgan fingerprint density at radius 1 is 1.41 bits per heavy atom. The van der Waals surface area contributed by atoms with E-state index < -0.39 is 0 Å². The third-order valence-electron chi connectivity index (χ3n) is 2.80. The molecule has 5 nitrogen and oxygen atoms in total. The molecule has 0 bridgehead atoms. The van der Waals surface area contributed by atoms with Crippen molar-refractivity contribution in [1.82, 2.24) is 10.2 Å². The first-order valence-corrected chi connectivity index (χ1v) is 6.10. The second-order valence-corrected chi connectivity index (χ2v) is 4.57. The first-order chi connectivity index (χ1) is 8.18. The third-order valence-corrected chi connectivity index (χ3v) is 2.80. The molecule has 5 heteroatoms. The fraction of sp³-hybridized carbons (Fsp3) is 0.667. The van der Waals surface area contributed by atoms with Crippen LogP contribution in [0.25, 0.3) is 0 Å². The molecule has 0 N–H and O–H groups in total. The highest BCUT2D eigenvalue weighted by Crippen LogP contribution is 2.17. The molecule has 0 spiro atoms. The number of carbonyl (C=O) groups excluding carboxylic acids is 1. The predicted molar refractivity (Wildman–Crippen MR) is 61.4 cm³/mol. The van der Waals surface area contributed by atoms with E-state index in [2.05, 4.69) is 5.16 Å². The number of nitrogens with zero attached hydrogens (tertiary/aromatic N) is 2. The maximum Gasteiger partial charge on any atom is 0.299 e. The van der Waals surface area contributed by atoms with Crippen molar-refractivity contribution < 1.29 is 14.2 Å². The van der Waals surface area contributed by atoms with Gasteiger partial charge in [0.15, 0.2) is 5.69 Å². The summed E-state index contributed by atoms with van der Waals surface area (Å²) in [5.74, 6) is 0.750. The van der Waals surface area contributed by atoms with Crippen molar-refractivity contribution in [3.63, 3.8) is 0 Å². The lowest BCUT2D eigenvalue weighted by Gasteiger charge is -2.17. The minimum Gasteiger partial charge on any atom is -0.360 e. The van der Waals surface area contributed by atoms with E-state index in [1.54, 1.807) is 6.07 Å². The third kappa shape index (κ3) is 2.85. The van der Waals surface area contributed by atoms with E-state index in [0.717, 1.165) is 25.0 Å². The van der Waals surface area contributed by atoms with E-state index >= 15 is 0 Å². The molecule has 0 aromatic carbocycles. The predicted octanol–water partition coefficient (Wildman–Crippen LogP) is 2.36. The zero-order chi connectivity index (χ0) is 12.3. The molecule has 0 unspecified atom stereocenters. The molecule has 1 fully saturated rings. The summed E-state index contributed by atoms with van der Waals surface area (Å²) < 4.78 is 5.12. The first-order valence-electron chi connectivity index (χ1n) is 6.10. The van der Waals surface area contributed by atoms with Crippen molar-refractivity contribution in [3.8, 4) is 0 Å². The van der Waals surface area contributed by atoms with Crippen LogP contribution in [0.4, 0.5) is 0 Å². The maximum absolute atomic E-state index is 12.1. The minimum absolute atomic E-state index is 0.206. The van der Waals surface area contributed by atoms with Gasteiger partial charge in [-0.05, 0) is 19.3 Å². The Hall–Kier alpha value is -1.36. The lowest BCUT2D eigenvalue weighted by atomic mass is 10.1. The van der Waals surface area contributed by atoms with E-state index in [9.17, 15) is 4.79 Å². The van der Waals surface area contributed by atoms with Crippen molar-refractivity contribution in [2.24, 2.45) is 0 Å². The second-order valence-electron chi connectivity index (χ2n) is 4.57. The maximum atomic E-state index is 12.1. The van der Waals surface area contributed by atoms with Crippen LogP contribution in [0.1, 0.15) is 55.3 Å². The molecule has 1 amide bonds. The van der Waals surface area contributed by atoms with E-state index in [1.165, 1.54) is 5.06 Å². The number of hydroxylamine groups is 2. The second kappa shape index (κ2) is 5.31. The Bertz CT molecular complexity index is 379. The van der Waals surface area contributed by atoms with Crippen LogP contribution in [-0.4, -0.2) is 29.3 Å². The summed E-state index contributed by atoms with van der Waals surface area (Å²) in [6, 6.07) is 1.70. The molecule has 1 saturated heterocycles. The average Bonchev–Trinajstić information content (AvgIpc) is 2.65. The van der Waals surface area contributed by atoms with E-state index in [1.807, 2.05) is 13.8 Å². The van der Waals surface area contributed by atoms with Crippen LogP contribution in [0.2, 0.25) is 0 Å². The molecule has 94 valence electrons. The zero-order valence-electron chi connectivity index (χ0n) is 10.3. The lowest BCUT2D eigenvalue weighted by Crippen LogP contribution is -2.31. The van der Waals surface area contributed by atoms with Gasteiger partial charge in [-0.15, -0.1) is 0 Å². The molecule has 0 atom stereocenters. The van der Waals surface area contributed by atoms with E-state index in [4.69, 9.17) is 9.36 Å². The van der Waals surface area contributed by atoms with Gasteiger partial charge in [0, 0.05) is 18.5 Å². The van der Waals surface area contributed by atoms with E-state index in [-0.39, 0.29) is 11.8 Å². The summed E-state index contributed by atoms with van der Waals surface area (Å²) in [7, 11) is 0. The van der Waals surface area contributed by atoms with Crippen molar-refractivity contribution >= 4 is 5.91 Å². The molecule has 1 aromatic heterocycles. The summed E-state index contributed by atoms with van der Waals surface area (Å²) >= 11 is 0. The topological polar surface area (TPSA) is 55.6 Å². The lowest BCUT2D eigenvalue weighted by molar-refractivity contribution is -0.116. The van der Waals surface area contributed by atoms with Crippen LogP contribution in [-0.2, 0) is 4.84 Å². The molecule has 0 aliphatic carbocycles. The Kier molecular flexibility index (Phi) is 3.78. The standard InChI is InChI=1S/C12H18N2O3/c1-9(2)11-8-10(13-17-11)12(15)14-6-4-3-5-7-16-14/h8-9H,3-7H2,1-2H3. The van der Waals surface area contributed by atoms with Gasteiger partial charge in [-0.1, -0.05) is 19.0 Å². The van der Waals surface area contributed by atoms with Crippen molar-refractivity contribution in [2.45, 2.75) is 39.0 Å². The molecule has 0 radical (unpaired) electrons. The van der Waals surface area contributed by atoms with Crippen LogP contribution in [0.15, 0.2) is 10.6 Å². The van der Waals surface area contributed by atoms with Gasteiger partial charge in [0.1, 0.15) is 5.76 Å². The molecular formula is C12H18N2O3. The van der Waals surface area contributed by atoms with Gasteiger partial charge < -0.3 is 4.52 Å². The average molecular weight is 238 g/mol. The summed E-state index contributed by atoms with van der Waals surface area (Å²) in [4.78, 5) is 17.5. The van der Waals surface area contributed by atoms with Gasteiger partial charge in [0.2, 0.25) is 0 Å². The van der Waals surface area contributed by atoms with E-state index in [0.29, 0.717) is 18.8 Å². The quantitative estimate of drug-likeness (QED) is 0.793. The molecule has 1 aliphatic rings. The highest BCUT2D eigenvalue weighted by molar-refractivity contribution is 5.91. The van der Waals surface area contributed by atoms with Crippen LogP contribution >= 0.6 is 0 Å². The number of aromatic nitrogens is 1. The smallest absolute Gasteiger partial charge is 0.299 e. The fourth-order valence-corrected chi connectivity index (χ4v) is 1.72. The number of amides is 1. The molecular weight excluding hydrogens is 220 g/mol. The van der Waals surface area contributed by atoms with Gasteiger partial charge >= 0.3 is 0 Å². The van der Waals surface area contributed by atoms with Crippen LogP contribution < -0.4 is 0 Å². The highest BCUT2D eigenvalue weighted by Gasteiger charge is 2.22. The van der Waals surface area contributed by atoms with Crippen molar-refractivity contribution in [1.29, 1.82) is 0 Å². The molecule has 1 aliphatic heterocycles. The zero-order valence-corrected chi connectivity index (χ0v) is 10.3. The Morgan fingerprint density at radius 2 is 2.24 bits per heavy atom. The molecule has 17 heavy (non-hydrogen) atoms. The van der Waals surface area contributed by atoms with Gasteiger partial charge in [0.25, 0.3) is 5.91 Å². The number of rotatable bonds is 2. The molecule has 0 saturated carbocycles. The van der Waals surface area contributed by atoms with Crippen LogP contribution in [0.5, 0.6) is 0 Å². The van der Waals surface area contributed by atoms with Gasteiger partial charge in [0.05, 0.1) is 6.61 Å². The number of hydrogen-bond donors (Lipinski definition) is 0.